The first-order valence-electron chi connectivity index (χ1n) is 4.68. The van der Waals surface area contributed by atoms with E-state index in [1.807, 2.05) is 12.1 Å². The summed E-state index contributed by atoms with van der Waals surface area (Å²) in [6.07, 6.45) is 0.808. The normalized spacial score (nSPS) is 12.7. The number of aryl methyl sites for hydroxylation is 1. The van der Waals surface area contributed by atoms with E-state index in [0.29, 0.717) is 19.4 Å². The van der Waals surface area contributed by atoms with Gasteiger partial charge in [-0.1, -0.05) is 18.2 Å². The van der Waals surface area contributed by atoms with Crippen LogP contribution in [0.15, 0.2) is 24.3 Å². The van der Waals surface area contributed by atoms with Gasteiger partial charge in [-0.25, -0.2) is 0 Å². The molecule has 14 heavy (non-hydrogen) atoms. The average molecular weight is 196 g/mol. The lowest BCUT2D eigenvalue weighted by atomic mass is 10.1. The van der Waals surface area contributed by atoms with Gasteiger partial charge in [0.1, 0.15) is 5.75 Å². The fourth-order valence-electron chi connectivity index (χ4n) is 1.32. The highest BCUT2D eigenvalue weighted by molar-refractivity contribution is 5.31. The van der Waals surface area contributed by atoms with Crippen molar-refractivity contribution in [2.24, 2.45) is 0 Å². The third-order valence-electron chi connectivity index (χ3n) is 2.10. The number of hydrogen-bond donors (Lipinski definition) is 2. The molecule has 0 fully saturated rings. The maximum atomic E-state index is 9.44. The second kappa shape index (κ2) is 5.62. The van der Waals surface area contributed by atoms with E-state index in [2.05, 4.69) is 0 Å². The number of ether oxygens (including phenoxy) is 1. The van der Waals surface area contributed by atoms with Gasteiger partial charge in [0.2, 0.25) is 0 Å². The molecule has 0 amide bonds. The van der Waals surface area contributed by atoms with Crippen LogP contribution in [0.3, 0.4) is 0 Å². The first kappa shape index (κ1) is 11.0. The summed E-state index contributed by atoms with van der Waals surface area (Å²) in [5, 5.41) is 18.8. The van der Waals surface area contributed by atoms with E-state index in [-0.39, 0.29) is 5.75 Å². The quantitative estimate of drug-likeness (QED) is 0.747. The predicted molar refractivity (Wildman–Crippen MR) is 54.3 cm³/mol. The van der Waals surface area contributed by atoms with Crippen molar-refractivity contribution in [3.8, 4) is 5.75 Å². The molecule has 0 aromatic heterocycles. The highest BCUT2D eigenvalue weighted by Gasteiger charge is 2.05. The molecule has 3 nitrogen and oxygen atoms in total. The van der Waals surface area contributed by atoms with Crippen molar-refractivity contribution in [1.29, 1.82) is 0 Å². The zero-order valence-electron chi connectivity index (χ0n) is 8.31. The van der Waals surface area contributed by atoms with Gasteiger partial charge < -0.3 is 14.9 Å². The van der Waals surface area contributed by atoms with Gasteiger partial charge in [-0.15, -0.1) is 0 Å². The summed E-state index contributed by atoms with van der Waals surface area (Å²) in [4.78, 5) is 0. The molecular formula is C11H16O3. The summed E-state index contributed by atoms with van der Waals surface area (Å²) in [5.74, 6) is 0.289. The van der Waals surface area contributed by atoms with E-state index in [9.17, 15) is 10.2 Å². The highest BCUT2D eigenvalue weighted by atomic mass is 16.5. The van der Waals surface area contributed by atoms with Crippen LogP contribution in [0.2, 0.25) is 0 Å². The summed E-state index contributed by atoms with van der Waals surface area (Å²) >= 11 is 0. The van der Waals surface area contributed by atoms with Gasteiger partial charge in [-0.05, 0) is 24.5 Å². The van der Waals surface area contributed by atoms with E-state index in [0.717, 1.165) is 5.56 Å². The van der Waals surface area contributed by atoms with E-state index in [1.54, 1.807) is 19.2 Å². The number of phenolic OH excluding ortho intramolecular Hbond substituents is 1. The number of rotatable bonds is 5. The minimum atomic E-state index is -0.459. The molecule has 1 rings (SSSR count). The molecule has 0 saturated carbocycles. The van der Waals surface area contributed by atoms with Gasteiger partial charge in [0, 0.05) is 7.11 Å². The minimum absolute atomic E-state index is 0.289. The van der Waals surface area contributed by atoms with Crippen LogP contribution in [0.4, 0.5) is 0 Å². The molecule has 1 aromatic carbocycles. The SMILES string of the molecule is COCC(O)CCc1ccccc1O. The number of phenols is 1. The number of aliphatic hydroxyl groups is 1. The standard InChI is InChI=1S/C11H16O3/c1-14-8-10(12)7-6-9-4-2-3-5-11(9)13/h2-5,10,12-13H,6-8H2,1H3. The van der Waals surface area contributed by atoms with Crippen LogP contribution in [-0.2, 0) is 11.2 Å². The summed E-state index contributed by atoms with van der Waals surface area (Å²) in [6, 6.07) is 7.16. The van der Waals surface area contributed by atoms with Gasteiger partial charge in [0.25, 0.3) is 0 Å². The molecule has 1 unspecified atom stereocenters. The molecule has 0 bridgehead atoms. The first-order valence-corrected chi connectivity index (χ1v) is 4.68. The molecule has 0 aliphatic carbocycles. The Morgan fingerprint density at radius 1 is 1.36 bits per heavy atom. The summed E-state index contributed by atoms with van der Waals surface area (Å²) in [6.45, 7) is 0.341. The van der Waals surface area contributed by atoms with E-state index in [1.165, 1.54) is 0 Å². The second-order valence-electron chi connectivity index (χ2n) is 3.28. The van der Waals surface area contributed by atoms with Crippen molar-refractivity contribution in [1.82, 2.24) is 0 Å². The van der Waals surface area contributed by atoms with Crippen LogP contribution in [-0.4, -0.2) is 30.0 Å². The summed E-state index contributed by atoms with van der Waals surface area (Å²) < 4.78 is 4.81. The van der Waals surface area contributed by atoms with Crippen LogP contribution in [0.5, 0.6) is 5.75 Å². The fraction of sp³-hybridized carbons (Fsp3) is 0.455. The Balaban J connectivity index is 2.41. The lowest BCUT2D eigenvalue weighted by Crippen LogP contribution is -2.14. The monoisotopic (exact) mass is 196 g/mol. The Bertz CT molecular complexity index is 273. The van der Waals surface area contributed by atoms with Gasteiger partial charge in [-0.3, -0.25) is 0 Å². The molecule has 0 saturated heterocycles. The third-order valence-corrected chi connectivity index (χ3v) is 2.10. The van der Waals surface area contributed by atoms with E-state index in [4.69, 9.17) is 4.74 Å². The van der Waals surface area contributed by atoms with Gasteiger partial charge in [-0.2, -0.15) is 0 Å². The third kappa shape index (κ3) is 3.36. The largest absolute Gasteiger partial charge is 0.508 e. The van der Waals surface area contributed by atoms with Crippen molar-refractivity contribution in [2.75, 3.05) is 13.7 Å². The summed E-state index contributed by atoms with van der Waals surface area (Å²) in [5.41, 5.74) is 0.864. The maximum Gasteiger partial charge on any atom is 0.118 e. The molecule has 0 aliphatic heterocycles. The highest BCUT2D eigenvalue weighted by Crippen LogP contribution is 2.17. The zero-order chi connectivity index (χ0) is 10.4. The van der Waals surface area contributed by atoms with Crippen molar-refractivity contribution in [3.63, 3.8) is 0 Å². The van der Waals surface area contributed by atoms with Gasteiger partial charge in [0.05, 0.1) is 12.7 Å². The van der Waals surface area contributed by atoms with Crippen molar-refractivity contribution in [3.05, 3.63) is 29.8 Å². The van der Waals surface area contributed by atoms with Crippen LogP contribution in [0.1, 0.15) is 12.0 Å². The molecule has 78 valence electrons. The topological polar surface area (TPSA) is 49.7 Å². The van der Waals surface area contributed by atoms with Gasteiger partial charge in [0.15, 0.2) is 0 Å². The number of benzene rings is 1. The summed E-state index contributed by atoms with van der Waals surface area (Å²) in [7, 11) is 1.56. The Kier molecular flexibility index (Phi) is 4.43. The number of hydrogen-bond acceptors (Lipinski definition) is 3. The van der Waals surface area contributed by atoms with Crippen molar-refractivity contribution in [2.45, 2.75) is 18.9 Å². The molecule has 0 spiro atoms. The Hall–Kier alpha value is -1.06. The molecule has 3 heteroatoms. The Labute approximate surface area is 84.0 Å². The first-order chi connectivity index (χ1) is 6.74. The lowest BCUT2D eigenvalue weighted by Gasteiger charge is -2.09. The van der Waals surface area contributed by atoms with Crippen LogP contribution in [0, 0.1) is 0 Å². The maximum absolute atomic E-state index is 9.44. The fourth-order valence-corrected chi connectivity index (χ4v) is 1.32. The van der Waals surface area contributed by atoms with E-state index >= 15 is 0 Å². The minimum Gasteiger partial charge on any atom is -0.508 e. The Morgan fingerprint density at radius 2 is 2.07 bits per heavy atom. The molecule has 1 atom stereocenters. The number of aromatic hydroxyl groups is 1. The number of para-hydroxylation sites is 1. The molecular weight excluding hydrogens is 180 g/mol. The van der Waals surface area contributed by atoms with Crippen LogP contribution >= 0.6 is 0 Å². The van der Waals surface area contributed by atoms with Crippen molar-refractivity contribution >= 4 is 0 Å². The number of aliphatic hydroxyl groups excluding tert-OH is 1. The average Bonchev–Trinajstić information content (AvgIpc) is 2.17. The second-order valence-corrected chi connectivity index (χ2v) is 3.28. The van der Waals surface area contributed by atoms with Gasteiger partial charge >= 0.3 is 0 Å². The lowest BCUT2D eigenvalue weighted by molar-refractivity contribution is 0.0594. The molecule has 0 heterocycles. The number of methoxy groups -OCH3 is 1. The Morgan fingerprint density at radius 3 is 2.71 bits per heavy atom. The van der Waals surface area contributed by atoms with Crippen molar-refractivity contribution < 1.29 is 14.9 Å². The molecule has 2 N–H and O–H groups in total. The van der Waals surface area contributed by atoms with E-state index < -0.39 is 6.10 Å². The predicted octanol–water partition coefficient (Wildman–Crippen LogP) is 1.33. The molecule has 1 aromatic rings. The van der Waals surface area contributed by atoms with Crippen LogP contribution < -0.4 is 0 Å². The smallest absolute Gasteiger partial charge is 0.118 e. The molecule has 0 radical (unpaired) electrons. The zero-order valence-corrected chi connectivity index (χ0v) is 8.31. The molecule has 0 aliphatic rings. The van der Waals surface area contributed by atoms with Crippen LogP contribution in [0.25, 0.3) is 0 Å².